The van der Waals surface area contributed by atoms with E-state index in [0.717, 1.165) is 12.8 Å². The van der Waals surface area contributed by atoms with Gasteiger partial charge in [-0.1, -0.05) is 5.92 Å². The molecule has 0 aliphatic heterocycles. The summed E-state index contributed by atoms with van der Waals surface area (Å²) in [6.45, 7) is 7.07. The third-order valence-electron chi connectivity index (χ3n) is 5.53. The molecule has 136 valence electrons. The molecule has 0 heterocycles. The van der Waals surface area contributed by atoms with Gasteiger partial charge in [0.05, 0.1) is 20.0 Å². The third kappa shape index (κ3) is 4.70. The van der Waals surface area contributed by atoms with E-state index in [1.165, 1.54) is 0 Å². The second-order valence-corrected chi connectivity index (χ2v) is 7.70. The molecule has 0 aromatic carbocycles. The molecule has 2 fully saturated rings. The number of nitrogens with two attached hydrogens (primary N) is 1. The van der Waals surface area contributed by atoms with Crippen molar-refractivity contribution in [2.24, 2.45) is 28.4 Å². The first-order chi connectivity index (χ1) is 10.6. The SMILES string of the molecule is CC(C)(C)OC(N)=O.[CH2-]CC1CC2CCC1(CF)C2(CF)CF.[K+]. The number of hydrogen-bond donors (Lipinski definition) is 1. The summed E-state index contributed by atoms with van der Waals surface area (Å²) in [5, 5.41) is 0. The smallest absolute Gasteiger partial charge is 0.444 e. The van der Waals surface area contributed by atoms with Gasteiger partial charge in [0.1, 0.15) is 5.60 Å². The summed E-state index contributed by atoms with van der Waals surface area (Å²) in [4.78, 5) is 10.0. The molecule has 2 bridgehead atoms. The van der Waals surface area contributed by atoms with Gasteiger partial charge < -0.3 is 17.4 Å². The van der Waals surface area contributed by atoms with Crippen LogP contribution >= 0.6 is 0 Å². The van der Waals surface area contributed by atoms with Crippen LogP contribution < -0.4 is 57.1 Å². The number of alkyl halides is 3. The van der Waals surface area contributed by atoms with Gasteiger partial charge in [-0.2, -0.15) is 6.42 Å². The summed E-state index contributed by atoms with van der Waals surface area (Å²) in [6, 6.07) is 0. The fraction of sp³-hybridized carbons (Fsp3) is 0.882. The zero-order valence-corrected chi connectivity index (χ0v) is 18.5. The minimum Gasteiger partial charge on any atom is -0.444 e. The molecular weight excluding hydrogens is 346 g/mol. The van der Waals surface area contributed by atoms with Gasteiger partial charge in [-0.3, -0.25) is 13.2 Å². The third-order valence-corrected chi connectivity index (χ3v) is 5.53. The number of amides is 1. The fourth-order valence-electron chi connectivity index (χ4n) is 4.41. The summed E-state index contributed by atoms with van der Waals surface area (Å²) in [5.41, 5.74) is 2.49. The Morgan fingerprint density at radius 3 is 2.08 bits per heavy atom. The molecule has 0 aromatic heterocycles. The number of carbonyl (C=O) groups is 1. The van der Waals surface area contributed by atoms with Crippen molar-refractivity contribution in [3.05, 3.63) is 6.92 Å². The summed E-state index contributed by atoms with van der Waals surface area (Å²) >= 11 is 0. The molecule has 2 aliphatic carbocycles. The Kier molecular flexibility index (Phi) is 9.86. The van der Waals surface area contributed by atoms with Crippen molar-refractivity contribution in [3.63, 3.8) is 0 Å². The van der Waals surface area contributed by atoms with Gasteiger partial charge in [0.25, 0.3) is 0 Å². The van der Waals surface area contributed by atoms with E-state index in [1.54, 1.807) is 20.8 Å². The van der Waals surface area contributed by atoms with E-state index in [9.17, 15) is 18.0 Å². The topological polar surface area (TPSA) is 52.3 Å². The molecular formula is C17H29F3KNO2. The Morgan fingerprint density at radius 2 is 1.79 bits per heavy atom. The fourth-order valence-corrected chi connectivity index (χ4v) is 4.41. The molecule has 3 atom stereocenters. The van der Waals surface area contributed by atoms with Crippen molar-refractivity contribution < 1.29 is 74.1 Å². The van der Waals surface area contributed by atoms with E-state index in [0.29, 0.717) is 12.8 Å². The number of rotatable bonds is 4. The van der Waals surface area contributed by atoms with Crippen LogP contribution in [0.4, 0.5) is 18.0 Å². The van der Waals surface area contributed by atoms with Crippen LogP contribution in [0.3, 0.4) is 0 Å². The predicted molar refractivity (Wildman–Crippen MR) is 84.0 cm³/mol. The number of halogens is 3. The molecule has 0 spiro atoms. The van der Waals surface area contributed by atoms with Crippen molar-refractivity contribution >= 4 is 6.09 Å². The summed E-state index contributed by atoms with van der Waals surface area (Å²) in [5.74, 6) is 0.114. The van der Waals surface area contributed by atoms with Gasteiger partial charge in [-0.05, 0) is 46.0 Å². The number of fused-ring (bicyclic) bond motifs is 2. The number of carbonyl (C=O) groups excluding carboxylic acids is 1. The van der Waals surface area contributed by atoms with Crippen molar-refractivity contribution in [1.29, 1.82) is 0 Å². The minimum atomic E-state index is -1.02. The molecule has 0 radical (unpaired) electrons. The first kappa shape index (κ1) is 24.7. The minimum absolute atomic E-state index is 0. The molecule has 0 saturated heterocycles. The quantitative estimate of drug-likeness (QED) is 0.597. The molecule has 1 amide bonds. The van der Waals surface area contributed by atoms with Gasteiger partial charge in [0, 0.05) is 10.8 Å². The monoisotopic (exact) mass is 375 g/mol. The summed E-state index contributed by atoms with van der Waals surface area (Å²) in [7, 11) is 0. The van der Waals surface area contributed by atoms with Crippen LogP contribution in [-0.4, -0.2) is 31.7 Å². The Balaban J connectivity index is 0.000000510. The molecule has 2 N–H and O–H groups in total. The molecule has 2 aliphatic rings. The average molecular weight is 376 g/mol. The molecule has 3 nitrogen and oxygen atoms in total. The van der Waals surface area contributed by atoms with Gasteiger partial charge in [0.2, 0.25) is 0 Å². The Hall–Kier alpha value is 0.696. The average Bonchev–Trinajstić information content (AvgIpc) is 2.92. The second kappa shape index (κ2) is 9.58. The standard InChI is InChI=1S/C12H18F3.C5H11NO2.K/c1-2-9-5-10-3-4-11(9,6-13)12(10,7-14)8-15;1-5(2,3)8-4(6)7;/h9-10H,1-8H2;1-3H3,(H2,6,7);/q-1;;+1. The first-order valence-electron chi connectivity index (χ1n) is 8.08. The predicted octanol–water partition coefficient (Wildman–Crippen LogP) is 1.41. The van der Waals surface area contributed by atoms with E-state index in [2.05, 4.69) is 11.7 Å². The molecule has 24 heavy (non-hydrogen) atoms. The van der Waals surface area contributed by atoms with Crippen LogP contribution in [0.15, 0.2) is 0 Å². The normalized spacial score (nSPS) is 30.1. The van der Waals surface area contributed by atoms with Gasteiger partial charge in [-0.25, -0.2) is 4.79 Å². The number of primary amides is 1. The van der Waals surface area contributed by atoms with Crippen LogP contribution in [0.25, 0.3) is 0 Å². The van der Waals surface area contributed by atoms with Crippen LogP contribution in [0.2, 0.25) is 0 Å². The first-order valence-corrected chi connectivity index (χ1v) is 8.08. The Morgan fingerprint density at radius 1 is 1.25 bits per heavy atom. The zero-order chi connectivity index (χ0) is 17.9. The Bertz CT molecular complexity index is 413. The van der Waals surface area contributed by atoms with E-state index >= 15 is 0 Å². The molecule has 7 heteroatoms. The molecule has 3 unspecified atom stereocenters. The van der Waals surface area contributed by atoms with Crippen molar-refractivity contribution in [2.75, 3.05) is 20.0 Å². The maximum absolute atomic E-state index is 13.3. The molecule has 2 saturated carbocycles. The van der Waals surface area contributed by atoms with E-state index < -0.39 is 42.5 Å². The molecule has 0 aromatic rings. The van der Waals surface area contributed by atoms with E-state index in [-0.39, 0.29) is 63.2 Å². The maximum atomic E-state index is 13.3. The van der Waals surface area contributed by atoms with Gasteiger partial charge in [-0.15, -0.1) is 0 Å². The van der Waals surface area contributed by atoms with Crippen LogP contribution in [0.1, 0.15) is 46.5 Å². The van der Waals surface area contributed by atoms with E-state index in [1.807, 2.05) is 0 Å². The summed E-state index contributed by atoms with van der Waals surface area (Å²) in [6.07, 6.45) is 2.07. The van der Waals surface area contributed by atoms with Crippen molar-refractivity contribution in [1.82, 2.24) is 0 Å². The molecule has 2 rings (SSSR count). The number of hydrogen-bond acceptors (Lipinski definition) is 2. The number of ether oxygens (including phenoxy) is 1. The Labute approximate surface area is 186 Å². The van der Waals surface area contributed by atoms with E-state index in [4.69, 9.17) is 5.73 Å². The summed E-state index contributed by atoms with van der Waals surface area (Å²) < 4.78 is 44.3. The van der Waals surface area contributed by atoms with Crippen LogP contribution in [0, 0.1) is 29.6 Å². The second-order valence-electron chi connectivity index (χ2n) is 7.70. The van der Waals surface area contributed by atoms with Gasteiger partial charge >= 0.3 is 57.5 Å². The van der Waals surface area contributed by atoms with Crippen LogP contribution in [-0.2, 0) is 4.74 Å². The zero-order valence-electron chi connectivity index (χ0n) is 15.3. The maximum Gasteiger partial charge on any atom is 1.00 e. The van der Waals surface area contributed by atoms with Crippen molar-refractivity contribution in [2.45, 2.75) is 52.1 Å². The van der Waals surface area contributed by atoms with Gasteiger partial charge in [0.15, 0.2) is 0 Å². The largest absolute Gasteiger partial charge is 1.00 e. The van der Waals surface area contributed by atoms with Crippen molar-refractivity contribution in [3.8, 4) is 0 Å². The van der Waals surface area contributed by atoms with Crippen LogP contribution in [0.5, 0.6) is 0 Å².